The third-order valence-electron chi connectivity index (χ3n) is 4.38. The normalized spacial score (nSPS) is 17.6. The Morgan fingerprint density at radius 3 is 2.80 bits per heavy atom. The van der Waals surface area contributed by atoms with Crippen molar-refractivity contribution >= 4 is 29.1 Å². The third-order valence-corrected chi connectivity index (χ3v) is 4.97. The van der Waals surface area contributed by atoms with Gasteiger partial charge in [-0.25, -0.2) is 0 Å². The zero-order valence-corrected chi connectivity index (χ0v) is 15.3. The fourth-order valence-electron chi connectivity index (χ4n) is 3.10. The highest BCUT2D eigenvalue weighted by atomic mass is 35.5. The summed E-state index contributed by atoms with van der Waals surface area (Å²) in [6.45, 7) is 1.89. The molecule has 2 aromatic carbocycles. The van der Waals surface area contributed by atoms with Gasteiger partial charge in [-0.1, -0.05) is 41.4 Å². The Labute approximate surface area is 157 Å². The number of nitrogens with two attached hydrogens (primary N) is 1. The van der Waals surface area contributed by atoms with E-state index in [1.54, 1.807) is 6.07 Å². The van der Waals surface area contributed by atoms with Gasteiger partial charge in [0.2, 0.25) is 5.91 Å². The van der Waals surface area contributed by atoms with Gasteiger partial charge in [-0.3, -0.25) is 9.69 Å². The highest BCUT2D eigenvalue weighted by molar-refractivity contribution is 6.31. The number of likely N-dealkylation sites (tertiary alicyclic amines) is 1. The van der Waals surface area contributed by atoms with Gasteiger partial charge in [0.1, 0.15) is 12.4 Å². The van der Waals surface area contributed by atoms with Crippen LogP contribution in [0.5, 0.6) is 5.75 Å². The first-order valence-corrected chi connectivity index (χ1v) is 8.97. The maximum absolute atomic E-state index is 11.5. The lowest BCUT2D eigenvalue weighted by atomic mass is 10.1. The molecule has 1 saturated heterocycles. The summed E-state index contributed by atoms with van der Waals surface area (Å²) in [6, 6.07) is 13.0. The lowest BCUT2D eigenvalue weighted by Crippen LogP contribution is -2.39. The highest BCUT2D eigenvalue weighted by Gasteiger charge is 2.29. The predicted molar refractivity (Wildman–Crippen MR) is 99.9 cm³/mol. The molecule has 1 heterocycles. The van der Waals surface area contributed by atoms with Gasteiger partial charge in [0, 0.05) is 16.6 Å². The Bertz CT molecular complexity index is 767. The number of hydrogen-bond acceptors (Lipinski definition) is 3. The second kappa shape index (κ2) is 8.09. The van der Waals surface area contributed by atoms with E-state index in [1.807, 2.05) is 36.4 Å². The molecule has 0 bridgehead atoms. The number of ether oxygens (including phenoxy) is 1. The molecule has 6 heteroatoms. The molecule has 0 aliphatic carbocycles. The van der Waals surface area contributed by atoms with Gasteiger partial charge in [0.05, 0.1) is 6.04 Å². The van der Waals surface area contributed by atoms with E-state index in [9.17, 15) is 4.79 Å². The monoisotopic (exact) mass is 378 g/mol. The number of carbonyl (C=O) groups excluding carboxylic acids is 1. The minimum Gasteiger partial charge on any atom is -0.489 e. The minimum atomic E-state index is -0.268. The van der Waals surface area contributed by atoms with Crippen LogP contribution in [0.25, 0.3) is 0 Å². The second-order valence-electron chi connectivity index (χ2n) is 6.20. The molecule has 0 radical (unpaired) electrons. The zero-order chi connectivity index (χ0) is 17.8. The molecular weight excluding hydrogens is 359 g/mol. The van der Waals surface area contributed by atoms with Crippen LogP contribution in [0.2, 0.25) is 10.0 Å². The fourth-order valence-corrected chi connectivity index (χ4v) is 3.54. The molecule has 25 heavy (non-hydrogen) atoms. The number of nitrogens with zero attached hydrogens (tertiary/aromatic N) is 1. The average molecular weight is 379 g/mol. The van der Waals surface area contributed by atoms with Crippen molar-refractivity contribution in [2.45, 2.75) is 32.0 Å². The van der Waals surface area contributed by atoms with E-state index in [2.05, 4.69) is 4.90 Å². The molecule has 0 unspecified atom stereocenters. The van der Waals surface area contributed by atoms with Crippen molar-refractivity contribution < 1.29 is 9.53 Å². The first-order valence-electron chi connectivity index (χ1n) is 8.22. The van der Waals surface area contributed by atoms with E-state index in [0.717, 1.165) is 30.5 Å². The molecule has 132 valence electrons. The summed E-state index contributed by atoms with van der Waals surface area (Å²) in [6.07, 6.45) is 1.79. The van der Waals surface area contributed by atoms with Crippen molar-refractivity contribution in [2.24, 2.45) is 5.73 Å². The van der Waals surface area contributed by atoms with Crippen molar-refractivity contribution in [1.29, 1.82) is 0 Å². The molecule has 1 fully saturated rings. The molecule has 0 aromatic heterocycles. The topological polar surface area (TPSA) is 55.6 Å². The summed E-state index contributed by atoms with van der Waals surface area (Å²) >= 11 is 12.4. The Morgan fingerprint density at radius 2 is 2.08 bits per heavy atom. The van der Waals surface area contributed by atoms with Gasteiger partial charge in [-0.2, -0.15) is 0 Å². The summed E-state index contributed by atoms with van der Waals surface area (Å²) in [5, 5.41) is 1.31. The van der Waals surface area contributed by atoms with Crippen LogP contribution >= 0.6 is 23.2 Å². The van der Waals surface area contributed by atoms with E-state index >= 15 is 0 Å². The van der Waals surface area contributed by atoms with Crippen LogP contribution in [0, 0.1) is 0 Å². The molecule has 4 nitrogen and oxygen atoms in total. The Morgan fingerprint density at radius 1 is 1.24 bits per heavy atom. The van der Waals surface area contributed by atoms with Crippen molar-refractivity contribution in [3.63, 3.8) is 0 Å². The van der Waals surface area contributed by atoms with E-state index in [0.29, 0.717) is 28.9 Å². The number of rotatable bonds is 6. The molecule has 1 aliphatic heterocycles. The fraction of sp³-hybridized carbons (Fsp3) is 0.316. The smallest absolute Gasteiger partial charge is 0.234 e. The van der Waals surface area contributed by atoms with Crippen molar-refractivity contribution in [1.82, 2.24) is 4.90 Å². The van der Waals surface area contributed by atoms with Crippen molar-refractivity contribution in [3.05, 3.63) is 63.6 Å². The van der Waals surface area contributed by atoms with Gasteiger partial charge in [-0.15, -0.1) is 0 Å². The Balaban J connectivity index is 1.63. The maximum Gasteiger partial charge on any atom is 0.234 e. The molecule has 1 atom stereocenters. The number of primary amides is 1. The SMILES string of the molecule is NC(=O)[C@@H]1CCCN1Cc1ccc(OCc2cccc(Cl)c2)cc1Cl. The Kier molecular flexibility index (Phi) is 5.84. The van der Waals surface area contributed by atoms with E-state index in [1.165, 1.54) is 0 Å². The van der Waals surface area contributed by atoms with Crippen LogP contribution in [0.4, 0.5) is 0 Å². The van der Waals surface area contributed by atoms with E-state index < -0.39 is 0 Å². The predicted octanol–water partition coefficient (Wildman–Crippen LogP) is 4.02. The van der Waals surface area contributed by atoms with Crippen LogP contribution in [0.15, 0.2) is 42.5 Å². The van der Waals surface area contributed by atoms with Crippen LogP contribution in [0.1, 0.15) is 24.0 Å². The first-order chi connectivity index (χ1) is 12.0. The molecule has 2 aromatic rings. The molecule has 1 amide bonds. The molecule has 0 saturated carbocycles. The van der Waals surface area contributed by atoms with Crippen molar-refractivity contribution in [2.75, 3.05) is 6.54 Å². The van der Waals surface area contributed by atoms with Crippen LogP contribution in [0.3, 0.4) is 0 Å². The lowest BCUT2D eigenvalue weighted by Gasteiger charge is -2.22. The van der Waals surface area contributed by atoms with E-state index in [4.69, 9.17) is 33.7 Å². The molecule has 0 spiro atoms. The average Bonchev–Trinajstić information content (AvgIpc) is 3.04. The summed E-state index contributed by atoms with van der Waals surface area (Å²) in [5.41, 5.74) is 7.42. The summed E-state index contributed by atoms with van der Waals surface area (Å²) in [4.78, 5) is 13.6. The molecule has 1 aliphatic rings. The number of benzene rings is 2. The zero-order valence-electron chi connectivity index (χ0n) is 13.8. The quantitative estimate of drug-likeness (QED) is 0.825. The molecular formula is C19H20Cl2N2O2. The van der Waals surface area contributed by atoms with Crippen LogP contribution in [-0.2, 0) is 17.9 Å². The number of hydrogen-bond donors (Lipinski definition) is 1. The molecule has 3 rings (SSSR count). The number of halogens is 2. The molecule has 2 N–H and O–H groups in total. The van der Waals surface area contributed by atoms with Gasteiger partial charge >= 0.3 is 0 Å². The van der Waals surface area contributed by atoms with Gasteiger partial charge in [-0.05, 0) is 54.8 Å². The van der Waals surface area contributed by atoms with Gasteiger partial charge < -0.3 is 10.5 Å². The number of carbonyl (C=O) groups is 1. The maximum atomic E-state index is 11.5. The lowest BCUT2D eigenvalue weighted by molar-refractivity contribution is -0.122. The van der Waals surface area contributed by atoms with Gasteiger partial charge in [0.15, 0.2) is 0 Å². The van der Waals surface area contributed by atoms with Crippen LogP contribution in [-0.4, -0.2) is 23.4 Å². The number of amides is 1. The summed E-state index contributed by atoms with van der Waals surface area (Å²) in [7, 11) is 0. The largest absolute Gasteiger partial charge is 0.489 e. The highest BCUT2D eigenvalue weighted by Crippen LogP contribution is 2.27. The summed E-state index contributed by atoms with van der Waals surface area (Å²) in [5.74, 6) is 0.427. The standard InChI is InChI=1S/C19H20Cl2N2O2/c20-15-4-1-3-13(9-15)12-25-16-7-6-14(17(21)10-16)11-23-8-2-5-18(23)19(22)24/h1,3-4,6-7,9-10,18H,2,5,8,11-12H2,(H2,22,24)/t18-/m0/s1. The van der Waals surface area contributed by atoms with Gasteiger partial charge in [0.25, 0.3) is 0 Å². The Hall–Kier alpha value is -1.75. The van der Waals surface area contributed by atoms with E-state index in [-0.39, 0.29) is 11.9 Å². The first kappa shape index (κ1) is 18.1. The third kappa shape index (κ3) is 4.66. The van der Waals surface area contributed by atoms with Crippen LogP contribution < -0.4 is 10.5 Å². The minimum absolute atomic E-state index is 0.199. The second-order valence-corrected chi connectivity index (χ2v) is 7.05. The summed E-state index contributed by atoms with van der Waals surface area (Å²) < 4.78 is 5.78. The van der Waals surface area contributed by atoms with Crippen molar-refractivity contribution in [3.8, 4) is 5.75 Å².